The quantitative estimate of drug-likeness (QED) is 0.732. The van der Waals surface area contributed by atoms with Crippen LogP contribution in [0.25, 0.3) is 5.65 Å². The van der Waals surface area contributed by atoms with Gasteiger partial charge in [-0.25, -0.2) is 4.98 Å². The molecule has 3 rings (SSSR count). The molecule has 0 bridgehead atoms. The van der Waals surface area contributed by atoms with Crippen LogP contribution in [0.15, 0.2) is 30.7 Å². The first-order valence-electron chi connectivity index (χ1n) is 9.65. The van der Waals surface area contributed by atoms with Gasteiger partial charge in [0.05, 0.1) is 12.2 Å². The van der Waals surface area contributed by atoms with Gasteiger partial charge in [0.25, 0.3) is 5.91 Å². The number of likely N-dealkylation sites (N-methyl/N-ethyl adjacent to an activating group) is 2. The van der Waals surface area contributed by atoms with E-state index in [2.05, 4.69) is 15.2 Å². The van der Waals surface area contributed by atoms with Crippen LogP contribution in [0, 0.1) is 0 Å². The first-order chi connectivity index (χ1) is 13.5. The molecule has 1 N–H and O–H groups in total. The van der Waals surface area contributed by atoms with E-state index in [-0.39, 0.29) is 23.9 Å². The van der Waals surface area contributed by atoms with Crippen LogP contribution in [0.1, 0.15) is 29.6 Å². The number of amides is 2. The molecular weight excluding hydrogens is 358 g/mol. The molecule has 2 aromatic rings. The van der Waals surface area contributed by atoms with Crippen molar-refractivity contribution in [3.63, 3.8) is 0 Å². The summed E-state index contributed by atoms with van der Waals surface area (Å²) < 4.78 is 6.86. The van der Waals surface area contributed by atoms with E-state index < -0.39 is 0 Å². The van der Waals surface area contributed by atoms with Crippen molar-refractivity contribution < 1.29 is 14.3 Å². The second kappa shape index (κ2) is 9.16. The van der Waals surface area contributed by atoms with Crippen molar-refractivity contribution in [1.29, 1.82) is 0 Å². The molecule has 8 heteroatoms. The predicted molar refractivity (Wildman–Crippen MR) is 106 cm³/mol. The van der Waals surface area contributed by atoms with Gasteiger partial charge < -0.3 is 19.4 Å². The minimum absolute atomic E-state index is 0.0946. The summed E-state index contributed by atoms with van der Waals surface area (Å²) in [6.45, 7) is 1.72. The Bertz CT molecular complexity index is 821. The van der Waals surface area contributed by atoms with Crippen molar-refractivity contribution in [3.05, 3.63) is 36.3 Å². The van der Waals surface area contributed by atoms with E-state index in [1.807, 2.05) is 30.8 Å². The molecule has 3 heterocycles. The van der Waals surface area contributed by atoms with E-state index in [1.165, 1.54) is 0 Å². The summed E-state index contributed by atoms with van der Waals surface area (Å²) in [5, 5.41) is 3.03. The molecule has 0 aliphatic carbocycles. The highest BCUT2D eigenvalue weighted by Crippen LogP contribution is 2.24. The van der Waals surface area contributed by atoms with Crippen molar-refractivity contribution in [3.8, 4) is 0 Å². The van der Waals surface area contributed by atoms with E-state index in [0.717, 1.165) is 18.5 Å². The zero-order valence-corrected chi connectivity index (χ0v) is 16.8. The lowest BCUT2D eigenvalue weighted by Crippen LogP contribution is -2.42. The molecule has 1 fully saturated rings. The number of hydrogen-bond acceptors (Lipinski definition) is 5. The fourth-order valence-corrected chi connectivity index (χ4v) is 3.66. The van der Waals surface area contributed by atoms with Crippen LogP contribution >= 0.6 is 0 Å². The van der Waals surface area contributed by atoms with Crippen LogP contribution in [-0.2, 0) is 9.53 Å². The third-order valence-electron chi connectivity index (χ3n) is 5.60. The van der Waals surface area contributed by atoms with Gasteiger partial charge in [-0.1, -0.05) is 0 Å². The number of ether oxygens (including phenoxy) is 1. The van der Waals surface area contributed by atoms with E-state index in [4.69, 9.17) is 4.74 Å². The molecule has 1 saturated heterocycles. The number of pyridine rings is 1. The molecule has 28 heavy (non-hydrogen) atoms. The van der Waals surface area contributed by atoms with Gasteiger partial charge in [0.2, 0.25) is 5.91 Å². The van der Waals surface area contributed by atoms with Crippen molar-refractivity contribution in [2.45, 2.75) is 31.3 Å². The normalized spacial score (nSPS) is 19.8. The van der Waals surface area contributed by atoms with E-state index >= 15 is 0 Å². The van der Waals surface area contributed by atoms with Crippen LogP contribution in [0.2, 0.25) is 0 Å². The molecule has 0 saturated carbocycles. The van der Waals surface area contributed by atoms with E-state index in [0.29, 0.717) is 31.7 Å². The molecule has 2 aromatic heterocycles. The van der Waals surface area contributed by atoms with Gasteiger partial charge >= 0.3 is 0 Å². The number of nitrogens with one attached hydrogen (secondary N) is 1. The van der Waals surface area contributed by atoms with Crippen LogP contribution in [0.5, 0.6) is 0 Å². The Labute approximate surface area is 165 Å². The monoisotopic (exact) mass is 387 g/mol. The molecule has 8 nitrogen and oxygen atoms in total. The Morgan fingerprint density at radius 3 is 2.89 bits per heavy atom. The first-order valence-corrected chi connectivity index (χ1v) is 9.65. The van der Waals surface area contributed by atoms with Crippen LogP contribution in [-0.4, -0.2) is 84.0 Å². The van der Waals surface area contributed by atoms with Crippen LogP contribution in [0.3, 0.4) is 0 Å². The van der Waals surface area contributed by atoms with Crippen LogP contribution < -0.4 is 5.32 Å². The number of rotatable bonds is 8. The largest absolute Gasteiger partial charge is 0.383 e. The third kappa shape index (κ3) is 4.69. The smallest absolute Gasteiger partial charge is 0.252 e. The Hall–Kier alpha value is -2.45. The number of carbonyl (C=O) groups excluding carboxylic acids is 2. The summed E-state index contributed by atoms with van der Waals surface area (Å²) in [6.07, 6.45) is 7.74. The number of nitrogens with zero attached hydrogens (tertiary/aromatic N) is 4. The lowest BCUT2D eigenvalue weighted by Gasteiger charge is -2.27. The first kappa shape index (κ1) is 20.3. The molecule has 0 aromatic carbocycles. The molecule has 0 radical (unpaired) electrons. The highest BCUT2D eigenvalue weighted by molar-refractivity contribution is 5.94. The lowest BCUT2D eigenvalue weighted by atomic mass is 10.1. The number of methoxy groups -OCH3 is 1. The average molecular weight is 387 g/mol. The summed E-state index contributed by atoms with van der Waals surface area (Å²) in [5.74, 6) is 0.0371. The molecule has 1 aliphatic heterocycles. The summed E-state index contributed by atoms with van der Waals surface area (Å²) >= 11 is 0. The Morgan fingerprint density at radius 1 is 1.32 bits per heavy atom. The van der Waals surface area contributed by atoms with Gasteiger partial charge in [0.15, 0.2) is 0 Å². The highest BCUT2D eigenvalue weighted by Gasteiger charge is 2.32. The number of hydrogen-bond donors (Lipinski definition) is 1. The fourth-order valence-electron chi connectivity index (χ4n) is 3.66. The summed E-state index contributed by atoms with van der Waals surface area (Å²) in [5.41, 5.74) is 1.42. The Kier molecular flexibility index (Phi) is 6.64. The van der Waals surface area contributed by atoms with Crippen LogP contribution in [0.4, 0.5) is 0 Å². The van der Waals surface area contributed by atoms with Gasteiger partial charge in [0.1, 0.15) is 5.65 Å². The maximum absolute atomic E-state index is 12.5. The molecular formula is C20H29N5O3. The predicted octanol–water partition coefficient (Wildman–Crippen LogP) is 1.02. The van der Waals surface area contributed by atoms with Gasteiger partial charge in [-0.15, -0.1) is 0 Å². The summed E-state index contributed by atoms with van der Waals surface area (Å²) in [7, 11) is 5.48. The third-order valence-corrected chi connectivity index (χ3v) is 5.60. The SMILES string of the molecule is COCCN(C)C(=O)C[C@H]1CC[C@@H](CNC(=O)c2ccc3nccn3c2)N1C. The number of fused-ring (bicyclic) bond motifs is 1. The molecule has 0 spiro atoms. The topological polar surface area (TPSA) is 79.2 Å². The zero-order valence-electron chi connectivity index (χ0n) is 16.8. The fraction of sp³-hybridized carbons (Fsp3) is 0.550. The van der Waals surface area contributed by atoms with E-state index in [1.54, 1.807) is 30.5 Å². The Balaban J connectivity index is 1.48. The second-order valence-corrected chi connectivity index (χ2v) is 7.38. The van der Waals surface area contributed by atoms with Crippen molar-refractivity contribution in [2.24, 2.45) is 0 Å². The number of likely N-dealkylation sites (tertiary alicyclic amines) is 1. The molecule has 152 valence electrons. The zero-order chi connectivity index (χ0) is 20.1. The minimum Gasteiger partial charge on any atom is -0.383 e. The second-order valence-electron chi connectivity index (χ2n) is 7.38. The standard InChI is InChI=1S/C20H29N5O3/c1-23(10-11-28-3)19(26)12-16-5-6-17(24(16)2)13-22-20(27)15-4-7-18-21-8-9-25(18)14-15/h4,7-9,14,16-17H,5-6,10-13H2,1-3H3,(H,22,27)/t16-,17+/m1/s1. The van der Waals surface area contributed by atoms with Gasteiger partial charge in [-0.2, -0.15) is 0 Å². The summed E-state index contributed by atoms with van der Waals surface area (Å²) in [6, 6.07) is 4.07. The molecule has 1 aliphatic rings. The molecule has 0 unspecified atom stereocenters. The number of carbonyl (C=O) groups is 2. The lowest BCUT2D eigenvalue weighted by molar-refractivity contribution is -0.131. The maximum Gasteiger partial charge on any atom is 0.252 e. The number of imidazole rings is 1. The highest BCUT2D eigenvalue weighted by atomic mass is 16.5. The summed E-state index contributed by atoms with van der Waals surface area (Å²) in [4.78, 5) is 33.0. The van der Waals surface area contributed by atoms with Crippen molar-refractivity contribution >= 4 is 17.5 Å². The van der Waals surface area contributed by atoms with Crippen molar-refractivity contribution in [2.75, 3.05) is 40.9 Å². The number of aromatic nitrogens is 2. The van der Waals surface area contributed by atoms with Gasteiger partial charge in [0, 0.05) is 64.3 Å². The average Bonchev–Trinajstić information content (AvgIpc) is 3.30. The maximum atomic E-state index is 12.5. The minimum atomic E-state index is -0.0946. The van der Waals surface area contributed by atoms with Crippen molar-refractivity contribution in [1.82, 2.24) is 24.5 Å². The van der Waals surface area contributed by atoms with Gasteiger partial charge in [-0.3, -0.25) is 14.5 Å². The van der Waals surface area contributed by atoms with Gasteiger partial charge in [-0.05, 0) is 32.0 Å². The molecule has 2 amide bonds. The molecule has 2 atom stereocenters. The Morgan fingerprint density at radius 2 is 2.11 bits per heavy atom. The van der Waals surface area contributed by atoms with E-state index in [9.17, 15) is 9.59 Å².